The highest BCUT2D eigenvalue weighted by Gasteiger charge is 2.13. The van der Waals surface area contributed by atoms with Gasteiger partial charge in [0.1, 0.15) is 5.82 Å². The van der Waals surface area contributed by atoms with Crippen molar-refractivity contribution in [1.82, 2.24) is 10.2 Å². The molecule has 76 valence electrons. The molecule has 0 saturated carbocycles. The molecule has 0 aliphatic heterocycles. The Bertz CT molecular complexity index is 328. The Morgan fingerprint density at radius 1 is 1.36 bits per heavy atom. The van der Waals surface area contributed by atoms with Crippen LogP contribution in [0.1, 0.15) is 17.7 Å². The number of hydrogen-bond donors (Lipinski definition) is 1. The molecule has 1 aromatic rings. The molecule has 1 aliphatic rings. The van der Waals surface area contributed by atoms with Crippen LogP contribution in [0.3, 0.4) is 0 Å². The molecule has 0 unspecified atom stereocenters. The lowest BCUT2D eigenvalue weighted by Gasteiger charge is -2.05. The molecule has 0 bridgehead atoms. The van der Waals surface area contributed by atoms with Gasteiger partial charge in [-0.15, -0.1) is 5.10 Å². The zero-order chi connectivity index (χ0) is 9.97. The van der Waals surface area contributed by atoms with Crippen LogP contribution in [0.15, 0.2) is 6.07 Å². The largest absolute Gasteiger partial charge is 0.363 e. The first-order valence-corrected chi connectivity index (χ1v) is 4.63. The fraction of sp³-hybridized carbons (Fsp3) is 0.556. The van der Waals surface area contributed by atoms with Crippen molar-refractivity contribution < 1.29 is 8.78 Å². The summed E-state index contributed by atoms with van der Waals surface area (Å²) in [4.78, 5) is 0. The Balaban J connectivity index is 2.05. The molecule has 0 aromatic carbocycles. The topological polar surface area (TPSA) is 37.8 Å². The first-order chi connectivity index (χ1) is 6.75. The molecule has 0 saturated heterocycles. The Morgan fingerprint density at radius 2 is 2.21 bits per heavy atom. The zero-order valence-corrected chi connectivity index (χ0v) is 7.63. The minimum Gasteiger partial charge on any atom is -0.363 e. The van der Waals surface area contributed by atoms with Gasteiger partial charge < -0.3 is 5.32 Å². The van der Waals surface area contributed by atoms with E-state index < -0.39 is 6.43 Å². The van der Waals surface area contributed by atoms with E-state index in [0.717, 1.165) is 30.5 Å². The second kappa shape index (κ2) is 3.86. The second-order valence-electron chi connectivity index (χ2n) is 3.33. The fourth-order valence-corrected chi connectivity index (χ4v) is 1.60. The molecule has 3 nitrogen and oxygen atoms in total. The van der Waals surface area contributed by atoms with Crippen molar-refractivity contribution in [3.63, 3.8) is 0 Å². The van der Waals surface area contributed by atoms with Crippen molar-refractivity contribution in [2.75, 3.05) is 11.9 Å². The lowest BCUT2D eigenvalue weighted by atomic mass is 10.2. The maximum atomic E-state index is 11.9. The van der Waals surface area contributed by atoms with E-state index in [0.29, 0.717) is 5.82 Å². The number of nitrogens with one attached hydrogen (secondary N) is 1. The average Bonchev–Trinajstić information content (AvgIpc) is 2.61. The third-order valence-electron chi connectivity index (χ3n) is 2.26. The number of halogens is 2. The van der Waals surface area contributed by atoms with Crippen LogP contribution in [0.4, 0.5) is 14.6 Å². The highest BCUT2D eigenvalue weighted by Crippen LogP contribution is 2.20. The smallest absolute Gasteiger partial charge is 0.255 e. The summed E-state index contributed by atoms with van der Waals surface area (Å²) < 4.78 is 23.8. The number of aromatic nitrogens is 2. The van der Waals surface area contributed by atoms with Gasteiger partial charge in [0.15, 0.2) is 0 Å². The molecule has 1 aliphatic carbocycles. The number of anilines is 1. The van der Waals surface area contributed by atoms with Crippen molar-refractivity contribution in [2.24, 2.45) is 0 Å². The van der Waals surface area contributed by atoms with Crippen molar-refractivity contribution in [1.29, 1.82) is 0 Å². The Labute approximate surface area is 80.5 Å². The van der Waals surface area contributed by atoms with E-state index in [-0.39, 0.29) is 6.54 Å². The van der Waals surface area contributed by atoms with Crippen LogP contribution in [0.25, 0.3) is 0 Å². The summed E-state index contributed by atoms with van der Waals surface area (Å²) in [6.45, 7) is -0.368. The average molecular weight is 199 g/mol. The van der Waals surface area contributed by atoms with Gasteiger partial charge in [-0.3, -0.25) is 0 Å². The maximum absolute atomic E-state index is 11.9. The highest BCUT2D eigenvalue weighted by molar-refractivity contribution is 5.39. The van der Waals surface area contributed by atoms with Gasteiger partial charge in [-0.25, -0.2) is 8.78 Å². The molecule has 14 heavy (non-hydrogen) atoms. The summed E-state index contributed by atoms with van der Waals surface area (Å²) in [5.74, 6) is 0.450. The predicted octanol–water partition coefficient (Wildman–Crippen LogP) is 1.64. The van der Waals surface area contributed by atoms with Crippen LogP contribution >= 0.6 is 0 Å². The Hall–Kier alpha value is -1.26. The van der Waals surface area contributed by atoms with Crippen molar-refractivity contribution in [3.8, 4) is 0 Å². The van der Waals surface area contributed by atoms with E-state index in [2.05, 4.69) is 15.5 Å². The van der Waals surface area contributed by atoms with Crippen molar-refractivity contribution in [3.05, 3.63) is 17.3 Å². The minimum absolute atomic E-state index is 0.368. The normalized spacial score (nSPS) is 14.5. The summed E-state index contributed by atoms with van der Waals surface area (Å²) in [5, 5.41) is 10.4. The summed E-state index contributed by atoms with van der Waals surface area (Å²) in [6, 6.07) is 1.82. The van der Waals surface area contributed by atoms with Crippen LogP contribution < -0.4 is 5.32 Å². The molecule has 0 amide bonds. The molecule has 2 rings (SSSR count). The van der Waals surface area contributed by atoms with E-state index in [1.165, 1.54) is 0 Å². The fourth-order valence-electron chi connectivity index (χ4n) is 1.60. The monoisotopic (exact) mass is 199 g/mol. The predicted molar refractivity (Wildman–Crippen MR) is 48.6 cm³/mol. The third kappa shape index (κ3) is 1.97. The molecule has 1 aromatic heterocycles. The van der Waals surface area contributed by atoms with Gasteiger partial charge in [0.05, 0.1) is 12.2 Å². The molecule has 5 heteroatoms. The third-order valence-corrected chi connectivity index (χ3v) is 2.26. The first-order valence-electron chi connectivity index (χ1n) is 4.63. The van der Waals surface area contributed by atoms with Crippen LogP contribution in [0, 0.1) is 0 Å². The Kier molecular flexibility index (Phi) is 2.56. The van der Waals surface area contributed by atoms with E-state index in [1.807, 2.05) is 6.07 Å². The number of hydrogen-bond acceptors (Lipinski definition) is 3. The molecular weight excluding hydrogens is 188 g/mol. The summed E-state index contributed by atoms with van der Waals surface area (Å²) in [7, 11) is 0. The molecular formula is C9H11F2N3. The second-order valence-corrected chi connectivity index (χ2v) is 3.33. The minimum atomic E-state index is -2.36. The quantitative estimate of drug-likeness (QED) is 0.804. The zero-order valence-electron chi connectivity index (χ0n) is 7.63. The number of rotatable bonds is 3. The highest BCUT2D eigenvalue weighted by atomic mass is 19.3. The molecule has 0 spiro atoms. The van der Waals surface area contributed by atoms with Gasteiger partial charge in [-0.2, -0.15) is 5.10 Å². The number of fused-ring (bicyclic) bond motifs is 1. The van der Waals surface area contributed by atoms with Crippen molar-refractivity contribution in [2.45, 2.75) is 25.7 Å². The summed E-state index contributed by atoms with van der Waals surface area (Å²) in [6.07, 6.45) is 0.665. The molecule has 0 atom stereocenters. The summed E-state index contributed by atoms with van der Waals surface area (Å²) in [5.41, 5.74) is 2.14. The number of alkyl halides is 2. The van der Waals surface area contributed by atoms with Gasteiger partial charge in [-0.1, -0.05) is 0 Å². The van der Waals surface area contributed by atoms with Crippen LogP contribution in [-0.2, 0) is 12.8 Å². The molecule has 0 radical (unpaired) electrons. The van der Waals surface area contributed by atoms with Gasteiger partial charge >= 0.3 is 0 Å². The van der Waals surface area contributed by atoms with Crippen LogP contribution in [-0.4, -0.2) is 23.2 Å². The van der Waals surface area contributed by atoms with E-state index in [4.69, 9.17) is 0 Å². The van der Waals surface area contributed by atoms with E-state index in [1.54, 1.807) is 0 Å². The lowest BCUT2D eigenvalue weighted by molar-refractivity contribution is 0.163. The maximum Gasteiger partial charge on any atom is 0.255 e. The molecule has 0 fully saturated rings. The van der Waals surface area contributed by atoms with Gasteiger partial charge in [0.25, 0.3) is 6.43 Å². The lowest BCUT2D eigenvalue weighted by Crippen LogP contribution is -2.12. The van der Waals surface area contributed by atoms with Gasteiger partial charge in [0.2, 0.25) is 0 Å². The van der Waals surface area contributed by atoms with Gasteiger partial charge in [-0.05, 0) is 30.9 Å². The number of nitrogens with zero attached hydrogens (tertiary/aromatic N) is 2. The first kappa shape index (κ1) is 9.30. The molecule has 1 N–H and O–H groups in total. The van der Waals surface area contributed by atoms with Gasteiger partial charge in [0, 0.05) is 0 Å². The summed E-state index contributed by atoms with van der Waals surface area (Å²) >= 11 is 0. The van der Waals surface area contributed by atoms with Crippen molar-refractivity contribution >= 4 is 5.82 Å². The van der Waals surface area contributed by atoms with Crippen LogP contribution in [0.5, 0.6) is 0 Å². The van der Waals surface area contributed by atoms with E-state index in [9.17, 15) is 8.78 Å². The molecule has 1 heterocycles. The Morgan fingerprint density at radius 3 is 3.00 bits per heavy atom. The van der Waals surface area contributed by atoms with Crippen LogP contribution in [0.2, 0.25) is 0 Å². The SMILES string of the molecule is FC(F)CNc1cc2c(nn1)CCC2. The standard InChI is InChI=1S/C9H11F2N3/c10-8(11)5-12-9-4-6-2-1-3-7(6)13-14-9/h4,8H,1-3,5H2,(H,12,14). The van der Waals surface area contributed by atoms with E-state index >= 15 is 0 Å². The number of aryl methyl sites for hydroxylation is 2.